The van der Waals surface area contributed by atoms with Gasteiger partial charge in [-0.15, -0.1) is 0 Å². The van der Waals surface area contributed by atoms with Crippen molar-refractivity contribution in [1.82, 2.24) is 0 Å². The first-order valence-corrected chi connectivity index (χ1v) is 22.0. The third-order valence-electron chi connectivity index (χ3n) is 13.9. The van der Waals surface area contributed by atoms with Gasteiger partial charge in [0.05, 0.1) is 6.26 Å². The van der Waals surface area contributed by atoms with Crippen molar-refractivity contribution in [2.45, 2.75) is 95.4 Å². The SMILES string of the molecule is C=C1/C=C\C=C/OC2=C(C3=CC=C(N(c4cccc(C5C=CC=CC5)c4)C4CC=C(c5ccc(-c6ccc7c(c6)C6=C(CCC=C6)C7(C)C)cc5)CC4)CC3)CCC=C12. The highest BCUT2D eigenvalue weighted by Crippen LogP contribution is 2.51. The van der Waals surface area contributed by atoms with Crippen LogP contribution >= 0.6 is 0 Å². The second-order valence-electron chi connectivity index (χ2n) is 17.7. The summed E-state index contributed by atoms with van der Waals surface area (Å²) in [5, 5.41) is 0. The maximum Gasteiger partial charge on any atom is 0.137 e. The van der Waals surface area contributed by atoms with Crippen LogP contribution in [0.5, 0.6) is 0 Å². The van der Waals surface area contributed by atoms with Crippen LogP contribution in [0, 0.1) is 0 Å². The predicted molar refractivity (Wildman–Crippen MR) is 249 cm³/mol. The molecule has 10 rings (SSSR count). The molecule has 0 N–H and O–H groups in total. The number of ether oxygens (including phenoxy) is 1. The third-order valence-corrected chi connectivity index (χ3v) is 13.9. The van der Waals surface area contributed by atoms with Crippen molar-refractivity contribution in [3.8, 4) is 11.1 Å². The van der Waals surface area contributed by atoms with Crippen LogP contribution in [0.1, 0.15) is 106 Å². The molecule has 2 nitrogen and oxygen atoms in total. The molecular weight excluding hydrogens is 715 g/mol. The van der Waals surface area contributed by atoms with Crippen LogP contribution in [0.3, 0.4) is 0 Å². The Kier molecular flexibility index (Phi) is 9.97. The number of anilines is 1. The van der Waals surface area contributed by atoms with E-state index in [9.17, 15) is 0 Å². The van der Waals surface area contributed by atoms with Crippen molar-refractivity contribution < 1.29 is 4.74 Å². The highest BCUT2D eigenvalue weighted by Gasteiger charge is 2.37. The van der Waals surface area contributed by atoms with E-state index >= 15 is 0 Å². The fourth-order valence-electron chi connectivity index (χ4n) is 10.7. The van der Waals surface area contributed by atoms with E-state index in [2.05, 4.69) is 159 Å². The lowest BCUT2D eigenvalue weighted by molar-refractivity contribution is 0.353. The van der Waals surface area contributed by atoms with Gasteiger partial charge in [0.2, 0.25) is 0 Å². The van der Waals surface area contributed by atoms with E-state index in [1.807, 2.05) is 18.4 Å². The Bertz CT molecular complexity index is 2560. The summed E-state index contributed by atoms with van der Waals surface area (Å²) in [7, 11) is 0. The Morgan fingerprint density at radius 2 is 1.61 bits per heavy atom. The average molecular weight is 770 g/mol. The summed E-state index contributed by atoms with van der Waals surface area (Å²) >= 11 is 0. The summed E-state index contributed by atoms with van der Waals surface area (Å²) in [4.78, 5) is 2.69. The molecule has 3 aromatic rings. The molecule has 2 unspecified atom stereocenters. The van der Waals surface area contributed by atoms with E-state index in [1.165, 1.54) is 73.5 Å². The first-order valence-electron chi connectivity index (χ1n) is 22.0. The summed E-state index contributed by atoms with van der Waals surface area (Å²) in [6, 6.07) is 26.3. The van der Waals surface area contributed by atoms with Gasteiger partial charge in [-0.2, -0.15) is 0 Å². The standard InChI is InChI=1S/C57H55NO/c1-39-13-9-10-36-59-56-50(39)19-12-20-51(56)44-28-33-48(34-29-44)58(49-17-11-16-45(37-49)40-14-5-4-6-15-40)47-31-26-42(27-32-47)41-22-24-43(25-23-41)46-30-35-55-53(38-46)52-18-7-8-21-54(52)57(55,2)3/h4-7,9-11,13-14,16-19,22-26,28,30,33,35-38,40,47H,1,8,12,15,20-21,27,29,31-32,34H2,2-3H3/b13-9-,36-10-. The Morgan fingerprint density at radius 3 is 2.42 bits per heavy atom. The van der Waals surface area contributed by atoms with Crippen molar-refractivity contribution in [3.05, 3.63) is 220 Å². The summed E-state index contributed by atoms with van der Waals surface area (Å²) in [6.45, 7) is 9.15. The van der Waals surface area contributed by atoms with Gasteiger partial charge in [0.15, 0.2) is 0 Å². The molecule has 7 aliphatic rings. The van der Waals surface area contributed by atoms with E-state index in [0.717, 1.165) is 74.7 Å². The van der Waals surface area contributed by atoms with Crippen molar-refractivity contribution in [2.24, 2.45) is 0 Å². The summed E-state index contributed by atoms with van der Waals surface area (Å²) in [5.41, 5.74) is 20.5. The highest BCUT2D eigenvalue weighted by molar-refractivity contribution is 5.89. The Balaban J connectivity index is 0.924. The fraction of sp³-hybridized carbons (Fsp3) is 0.263. The van der Waals surface area contributed by atoms with Crippen molar-refractivity contribution in [2.75, 3.05) is 4.90 Å². The molecule has 3 aromatic carbocycles. The zero-order valence-electron chi connectivity index (χ0n) is 34.7. The Morgan fingerprint density at radius 1 is 0.729 bits per heavy atom. The fourth-order valence-corrected chi connectivity index (χ4v) is 10.7. The van der Waals surface area contributed by atoms with Crippen molar-refractivity contribution >= 4 is 16.8 Å². The Hall–Kier alpha value is -5.86. The van der Waals surface area contributed by atoms with Gasteiger partial charge in [-0.05, 0) is 156 Å². The molecule has 0 amide bonds. The molecule has 1 heterocycles. The molecule has 0 saturated carbocycles. The monoisotopic (exact) mass is 769 g/mol. The summed E-state index contributed by atoms with van der Waals surface area (Å²) in [5.74, 6) is 1.40. The number of allylic oxidation sites excluding steroid dienone is 19. The lowest BCUT2D eigenvalue weighted by Crippen LogP contribution is -2.36. The third kappa shape index (κ3) is 7.07. The number of hydrogen-bond acceptors (Lipinski definition) is 2. The van der Waals surface area contributed by atoms with Crippen LogP contribution in [-0.2, 0) is 10.2 Å². The van der Waals surface area contributed by atoms with Crippen LogP contribution in [0.2, 0.25) is 0 Å². The number of nitrogens with zero attached hydrogens (tertiary/aromatic N) is 1. The van der Waals surface area contributed by atoms with Gasteiger partial charge in [0, 0.05) is 34.3 Å². The lowest BCUT2D eigenvalue weighted by Gasteiger charge is -2.39. The molecule has 2 atom stereocenters. The van der Waals surface area contributed by atoms with Gasteiger partial charge in [0.25, 0.3) is 0 Å². The van der Waals surface area contributed by atoms with Gasteiger partial charge >= 0.3 is 0 Å². The lowest BCUT2D eigenvalue weighted by atomic mass is 9.78. The van der Waals surface area contributed by atoms with Crippen LogP contribution in [-0.4, -0.2) is 6.04 Å². The molecule has 6 aliphatic carbocycles. The van der Waals surface area contributed by atoms with E-state index in [-0.39, 0.29) is 5.41 Å². The van der Waals surface area contributed by atoms with E-state index in [1.54, 1.807) is 5.57 Å². The molecule has 59 heavy (non-hydrogen) atoms. The molecule has 0 aromatic heterocycles. The minimum atomic E-state index is 0.115. The Labute approximate surface area is 351 Å². The maximum absolute atomic E-state index is 6.27. The summed E-state index contributed by atoms with van der Waals surface area (Å²) in [6.07, 6.45) is 41.8. The second-order valence-corrected chi connectivity index (χ2v) is 17.7. The zero-order valence-corrected chi connectivity index (χ0v) is 34.7. The van der Waals surface area contributed by atoms with Crippen LogP contribution < -0.4 is 4.90 Å². The van der Waals surface area contributed by atoms with E-state index in [0.29, 0.717) is 12.0 Å². The molecule has 2 heteroatoms. The van der Waals surface area contributed by atoms with Gasteiger partial charge in [-0.1, -0.05) is 141 Å². The number of hydrogen-bond donors (Lipinski definition) is 0. The predicted octanol–water partition coefficient (Wildman–Crippen LogP) is 15.0. The molecule has 294 valence electrons. The first kappa shape index (κ1) is 37.4. The average Bonchev–Trinajstić information content (AvgIpc) is 3.51. The molecule has 1 aliphatic heterocycles. The highest BCUT2D eigenvalue weighted by atomic mass is 16.5. The van der Waals surface area contributed by atoms with E-state index in [4.69, 9.17) is 4.74 Å². The van der Waals surface area contributed by atoms with Gasteiger partial charge in [-0.25, -0.2) is 0 Å². The molecule has 0 saturated heterocycles. The quantitative estimate of drug-likeness (QED) is 0.237. The van der Waals surface area contributed by atoms with Gasteiger partial charge < -0.3 is 9.64 Å². The van der Waals surface area contributed by atoms with Gasteiger partial charge in [0.1, 0.15) is 5.76 Å². The van der Waals surface area contributed by atoms with E-state index < -0.39 is 0 Å². The molecule has 0 fully saturated rings. The van der Waals surface area contributed by atoms with Crippen molar-refractivity contribution in [3.63, 3.8) is 0 Å². The summed E-state index contributed by atoms with van der Waals surface area (Å²) < 4.78 is 6.27. The van der Waals surface area contributed by atoms with Crippen molar-refractivity contribution in [1.29, 1.82) is 0 Å². The molecule has 0 spiro atoms. The molecule has 0 bridgehead atoms. The minimum Gasteiger partial charge on any atom is -0.464 e. The maximum atomic E-state index is 6.27. The largest absolute Gasteiger partial charge is 0.464 e. The van der Waals surface area contributed by atoms with Crippen LogP contribution in [0.25, 0.3) is 22.3 Å². The normalized spacial score (nSPS) is 24.1. The van der Waals surface area contributed by atoms with Crippen LogP contribution in [0.15, 0.2) is 198 Å². The van der Waals surface area contributed by atoms with Gasteiger partial charge in [-0.3, -0.25) is 0 Å². The zero-order chi connectivity index (χ0) is 39.9. The number of benzene rings is 3. The first-order chi connectivity index (χ1) is 28.9. The number of rotatable bonds is 7. The molecule has 0 radical (unpaired) electrons. The van der Waals surface area contributed by atoms with Crippen LogP contribution in [0.4, 0.5) is 5.69 Å². The molecular formula is C57H55NO. The number of fused-ring (bicyclic) bond motifs is 3. The second kappa shape index (κ2) is 15.7. The smallest absolute Gasteiger partial charge is 0.137 e. The topological polar surface area (TPSA) is 12.5 Å². The minimum absolute atomic E-state index is 0.115.